The molecule has 0 aromatic heterocycles. The first-order valence-corrected chi connectivity index (χ1v) is 11.2. The zero-order valence-electron chi connectivity index (χ0n) is 22.6. The first kappa shape index (κ1) is 30.9. The minimum atomic E-state index is -1.27. The molecule has 0 unspecified atom stereocenters. The average molecular weight is 473 g/mol. The highest BCUT2D eigenvalue weighted by Gasteiger charge is 2.41. The summed E-state index contributed by atoms with van der Waals surface area (Å²) in [5.41, 5.74) is -4.39. The van der Waals surface area contributed by atoms with Crippen LogP contribution in [0.15, 0.2) is 0 Å². The van der Waals surface area contributed by atoms with E-state index in [-0.39, 0.29) is 26.4 Å². The summed E-state index contributed by atoms with van der Waals surface area (Å²) in [4.78, 5) is 49.8. The van der Waals surface area contributed by atoms with E-state index in [1.165, 1.54) is 0 Å². The van der Waals surface area contributed by atoms with Crippen molar-refractivity contribution in [2.24, 2.45) is 27.1 Å². The Morgan fingerprint density at radius 3 is 0.667 bits per heavy atom. The zero-order valence-corrected chi connectivity index (χ0v) is 22.6. The van der Waals surface area contributed by atoms with E-state index in [9.17, 15) is 19.2 Å². The van der Waals surface area contributed by atoms with Gasteiger partial charge in [-0.1, -0.05) is 0 Å². The molecule has 0 amide bonds. The van der Waals surface area contributed by atoms with Crippen LogP contribution in [0.3, 0.4) is 0 Å². The van der Waals surface area contributed by atoms with Crippen molar-refractivity contribution in [2.45, 2.75) is 83.1 Å². The van der Waals surface area contributed by atoms with Gasteiger partial charge in [0.05, 0.1) is 21.7 Å². The van der Waals surface area contributed by atoms with Gasteiger partial charge in [0.25, 0.3) is 0 Å². The second-order valence-electron chi connectivity index (χ2n) is 12.8. The fourth-order valence-corrected chi connectivity index (χ4v) is 1.99. The molecule has 0 saturated heterocycles. The summed E-state index contributed by atoms with van der Waals surface area (Å²) in [6, 6.07) is 0. The molecule has 0 aliphatic carbocycles. The lowest BCUT2D eigenvalue weighted by Crippen LogP contribution is -2.46. The number of hydrogen-bond acceptors (Lipinski definition) is 8. The lowest BCUT2D eigenvalue weighted by molar-refractivity contribution is -0.181. The first-order valence-electron chi connectivity index (χ1n) is 11.2. The summed E-state index contributed by atoms with van der Waals surface area (Å²) in [5.74, 6) is -1.95. The molecule has 0 heterocycles. The van der Waals surface area contributed by atoms with Crippen LogP contribution < -0.4 is 0 Å². The van der Waals surface area contributed by atoms with Crippen molar-refractivity contribution in [1.29, 1.82) is 0 Å². The van der Waals surface area contributed by atoms with Gasteiger partial charge in [0.2, 0.25) is 0 Å². The highest BCUT2D eigenvalue weighted by Crippen LogP contribution is 2.28. The molecule has 33 heavy (non-hydrogen) atoms. The highest BCUT2D eigenvalue weighted by atomic mass is 16.6. The Morgan fingerprint density at radius 1 is 0.394 bits per heavy atom. The van der Waals surface area contributed by atoms with Crippen LogP contribution in [0.1, 0.15) is 83.1 Å². The summed E-state index contributed by atoms with van der Waals surface area (Å²) < 4.78 is 22.1. The Hall–Kier alpha value is -2.12. The van der Waals surface area contributed by atoms with E-state index in [4.69, 9.17) is 18.9 Å². The summed E-state index contributed by atoms with van der Waals surface area (Å²) in [6.07, 6.45) is 0. The van der Waals surface area contributed by atoms with Gasteiger partial charge in [0, 0.05) is 0 Å². The van der Waals surface area contributed by atoms with Gasteiger partial charge in [0.1, 0.15) is 31.8 Å². The maximum absolute atomic E-state index is 12.5. The minimum absolute atomic E-state index is 0.268. The van der Waals surface area contributed by atoms with Crippen LogP contribution in [-0.4, -0.2) is 50.3 Å². The third-order valence-electron chi connectivity index (χ3n) is 4.49. The molecule has 0 bridgehead atoms. The minimum Gasteiger partial charge on any atom is -0.464 e. The molecule has 8 heteroatoms. The third kappa shape index (κ3) is 11.0. The predicted octanol–water partition coefficient (Wildman–Crippen LogP) is 4.33. The topological polar surface area (TPSA) is 105 Å². The molecule has 192 valence electrons. The van der Waals surface area contributed by atoms with Gasteiger partial charge in [-0.15, -0.1) is 0 Å². The second-order valence-corrected chi connectivity index (χ2v) is 12.8. The van der Waals surface area contributed by atoms with Crippen molar-refractivity contribution in [3.05, 3.63) is 0 Å². The molecule has 0 saturated carbocycles. The van der Waals surface area contributed by atoms with Crippen LogP contribution in [0.5, 0.6) is 0 Å². The molecule has 0 aromatic rings. The average Bonchev–Trinajstić information content (AvgIpc) is 2.62. The number of hydrogen-bond donors (Lipinski definition) is 0. The van der Waals surface area contributed by atoms with Crippen molar-refractivity contribution in [3.8, 4) is 0 Å². The normalized spacial score (nSPS) is 13.2. The summed E-state index contributed by atoms with van der Waals surface area (Å²) in [7, 11) is 0. The van der Waals surface area contributed by atoms with E-state index in [2.05, 4.69) is 0 Å². The van der Waals surface area contributed by atoms with Crippen molar-refractivity contribution in [1.82, 2.24) is 0 Å². The lowest BCUT2D eigenvalue weighted by atomic mass is 9.90. The number of esters is 4. The van der Waals surface area contributed by atoms with Crippen LogP contribution >= 0.6 is 0 Å². The van der Waals surface area contributed by atoms with E-state index in [0.29, 0.717) is 0 Å². The van der Waals surface area contributed by atoms with Crippen molar-refractivity contribution >= 4 is 23.9 Å². The van der Waals surface area contributed by atoms with Gasteiger partial charge < -0.3 is 18.9 Å². The van der Waals surface area contributed by atoms with Gasteiger partial charge in [-0.25, -0.2) is 0 Å². The van der Waals surface area contributed by atoms with Crippen molar-refractivity contribution < 1.29 is 38.1 Å². The van der Waals surface area contributed by atoms with Gasteiger partial charge >= 0.3 is 23.9 Å². The summed E-state index contributed by atoms with van der Waals surface area (Å²) >= 11 is 0. The molecule has 8 nitrogen and oxygen atoms in total. The zero-order chi connectivity index (χ0) is 26.5. The lowest BCUT2D eigenvalue weighted by Gasteiger charge is -2.34. The fourth-order valence-electron chi connectivity index (χ4n) is 1.99. The Balaban J connectivity index is 6.00. The summed E-state index contributed by atoms with van der Waals surface area (Å²) in [6.45, 7) is 19.4. The van der Waals surface area contributed by atoms with Crippen LogP contribution in [0.2, 0.25) is 0 Å². The molecule has 0 N–H and O–H groups in total. The molecule has 0 aliphatic heterocycles. The number of carbonyl (C=O) groups is 4. The number of rotatable bonds is 8. The molecule has 0 radical (unpaired) electrons. The maximum Gasteiger partial charge on any atom is 0.311 e. The molecule has 0 aliphatic rings. The quantitative estimate of drug-likeness (QED) is 0.380. The number of ether oxygens (including phenoxy) is 4. The van der Waals surface area contributed by atoms with Crippen LogP contribution in [0, 0.1) is 27.1 Å². The molecule has 0 aromatic carbocycles. The van der Waals surface area contributed by atoms with Crippen molar-refractivity contribution in [2.75, 3.05) is 26.4 Å². The Morgan fingerprint density at radius 2 is 0.545 bits per heavy atom. The van der Waals surface area contributed by atoms with Crippen LogP contribution in [-0.2, 0) is 38.1 Å². The Bertz CT molecular complexity index is 583. The van der Waals surface area contributed by atoms with E-state index in [1.807, 2.05) is 0 Å². The van der Waals surface area contributed by atoms with Gasteiger partial charge in [0.15, 0.2) is 0 Å². The third-order valence-corrected chi connectivity index (χ3v) is 4.49. The molecule has 0 fully saturated rings. The molecule has 0 atom stereocenters. The maximum atomic E-state index is 12.5. The smallest absolute Gasteiger partial charge is 0.311 e. The Kier molecular flexibility index (Phi) is 10.2. The molecular formula is C25H44O8. The SMILES string of the molecule is CC(C)(C)C(=O)OCC(COC(=O)C(C)(C)C)(COC(=O)C(C)(C)C)COC(=O)C(C)(C)C. The second kappa shape index (κ2) is 10.9. The predicted molar refractivity (Wildman–Crippen MR) is 124 cm³/mol. The summed E-state index contributed by atoms with van der Waals surface area (Å²) in [5, 5.41) is 0. The highest BCUT2D eigenvalue weighted by molar-refractivity contribution is 5.77. The largest absolute Gasteiger partial charge is 0.464 e. The molecule has 0 spiro atoms. The van der Waals surface area contributed by atoms with Crippen LogP contribution in [0.4, 0.5) is 0 Å². The van der Waals surface area contributed by atoms with Gasteiger partial charge in [-0.2, -0.15) is 0 Å². The standard InChI is InChI=1S/C25H44O8/c1-21(2,3)17(26)30-13-25(14-31-18(27)22(4,5)6,15-32-19(28)23(7,8)9)16-33-20(29)24(10,11)12/h13-16H2,1-12H3. The molecular weight excluding hydrogens is 428 g/mol. The van der Waals surface area contributed by atoms with E-state index in [1.54, 1.807) is 83.1 Å². The van der Waals surface area contributed by atoms with Gasteiger partial charge in [-0.05, 0) is 83.1 Å². The van der Waals surface area contributed by atoms with Crippen molar-refractivity contribution in [3.63, 3.8) is 0 Å². The number of carbonyl (C=O) groups excluding carboxylic acids is 4. The van der Waals surface area contributed by atoms with E-state index in [0.717, 1.165) is 0 Å². The fraction of sp³-hybridized carbons (Fsp3) is 0.840. The van der Waals surface area contributed by atoms with E-state index < -0.39 is 51.0 Å². The monoisotopic (exact) mass is 472 g/mol. The Labute approximate surface area is 199 Å². The van der Waals surface area contributed by atoms with Gasteiger partial charge in [-0.3, -0.25) is 19.2 Å². The van der Waals surface area contributed by atoms with Crippen LogP contribution in [0.25, 0.3) is 0 Å². The molecule has 0 rings (SSSR count). The first-order chi connectivity index (χ1) is 14.5. The van der Waals surface area contributed by atoms with E-state index >= 15 is 0 Å².